The van der Waals surface area contributed by atoms with Crippen molar-refractivity contribution in [3.05, 3.63) is 65.2 Å². The second-order valence-corrected chi connectivity index (χ2v) is 9.79. The molecule has 1 fully saturated rings. The van der Waals surface area contributed by atoms with E-state index in [9.17, 15) is 9.59 Å². The van der Waals surface area contributed by atoms with Crippen LogP contribution in [0.15, 0.2) is 48.5 Å². The zero-order valence-corrected chi connectivity index (χ0v) is 21.2. The molecule has 3 rings (SSSR count). The molecule has 1 aliphatic carbocycles. The Kier molecular flexibility index (Phi) is 9.55. The first-order chi connectivity index (χ1) is 16.4. The Hall–Kier alpha value is -2.82. The highest BCUT2D eigenvalue weighted by Crippen LogP contribution is 2.20. The zero-order valence-electron chi connectivity index (χ0n) is 21.2. The van der Waals surface area contributed by atoms with Crippen molar-refractivity contribution in [2.45, 2.75) is 90.3 Å². The predicted octanol–water partition coefficient (Wildman–Crippen LogP) is 5.62. The van der Waals surface area contributed by atoms with Crippen molar-refractivity contribution >= 4 is 11.8 Å². The number of amides is 2. The summed E-state index contributed by atoms with van der Waals surface area (Å²) in [6.45, 7) is 6.59. The molecule has 0 radical (unpaired) electrons. The smallest absolute Gasteiger partial charge is 0.242 e. The van der Waals surface area contributed by atoms with Crippen LogP contribution in [0, 0.1) is 0 Å². The van der Waals surface area contributed by atoms with Crippen molar-refractivity contribution < 1.29 is 14.3 Å². The van der Waals surface area contributed by atoms with Gasteiger partial charge in [0.1, 0.15) is 11.8 Å². The second kappa shape index (κ2) is 12.6. The van der Waals surface area contributed by atoms with E-state index in [1.54, 1.807) is 12.0 Å². The van der Waals surface area contributed by atoms with Gasteiger partial charge in [-0.25, -0.2) is 0 Å². The van der Waals surface area contributed by atoms with Crippen LogP contribution in [0.2, 0.25) is 0 Å². The molecule has 5 heteroatoms. The average Bonchev–Trinajstić information content (AvgIpc) is 2.86. The molecule has 2 aromatic rings. The van der Waals surface area contributed by atoms with Crippen molar-refractivity contribution in [1.82, 2.24) is 10.2 Å². The third-order valence-corrected chi connectivity index (χ3v) is 6.90. The van der Waals surface area contributed by atoms with Crippen molar-refractivity contribution in [2.24, 2.45) is 0 Å². The van der Waals surface area contributed by atoms with Gasteiger partial charge in [0.05, 0.1) is 7.11 Å². The molecule has 2 aromatic carbocycles. The summed E-state index contributed by atoms with van der Waals surface area (Å²) in [5.74, 6) is 1.19. The summed E-state index contributed by atoms with van der Waals surface area (Å²) < 4.78 is 5.26. The van der Waals surface area contributed by atoms with Gasteiger partial charge in [0.25, 0.3) is 0 Å². The summed E-state index contributed by atoms with van der Waals surface area (Å²) in [5, 5.41) is 3.20. The van der Waals surface area contributed by atoms with E-state index in [1.165, 1.54) is 12.0 Å². The quantitative estimate of drug-likeness (QED) is 0.497. The minimum atomic E-state index is -0.528. The van der Waals surface area contributed by atoms with Crippen molar-refractivity contribution in [3.63, 3.8) is 0 Å². The molecule has 0 saturated heterocycles. The normalized spacial score (nSPS) is 15.1. The van der Waals surface area contributed by atoms with Gasteiger partial charge in [0.15, 0.2) is 0 Å². The number of nitrogens with one attached hydrogen (secondary N) is 1. The maximum atomic E-state index is 13.4. The molecule has 0 unspecified atom stereocenters. The van der Waals surface area contributed by atoms with E-state index in [-0.39, 0.29) is 17.9 Å². The van der Waals surface area contributed by atoms with Crippen LogP contribution < -0.4 is 10.1 Å². The van der Waals surface area contributed by atoms with Crippen LogP contribution in [-0.2, 0) is 22.6 Å². The lowest BCUT2D eigenvalue weighted by Gasteiger charge is -2.31. The van der Waals surface area contributed by atoms with Gasteiger partial charge in [0.2, 0.25) is 11.8 Å². The topological polar surface area (TPSA) is 58.6 Å². The highest BCUT2D eigenvalue weighted by atomic mass is 16.5. The first-order valence-corrected chi connectivity index (χ1v) is 12.7. The van der Waals surface area contributed by atoms with E-state index in [1.807, 2.05) is 31.2 Å². The van der Waals surface area contributed by atoms with Crippen LogP contribution in [0.1, 0.15) is 81.9 Å². The standard InChI is InChI=1S/C29H40N2O3/c1-21(2)25-15-10-23(11-16-25)14-19-28(32)31(20-24-12-17-27(34-4)18-13-24)22(3)29(33)30-26-8-6-5-7-9-26/h10-13,15-18,21-22,26H,5-9,14,19-20H2,1-4H3,(H,30,33)/t22-/m1/s1. The molecular formula is C29H40N2O3. The molecule has 1 atom stereocenters. The Balaban J connectivity index is 1.69. The van der Waals surface area contributed by atoms with Gasteiger partial charge in [-0.1, -0.05) is 69.5 Å². The molecule has 5 nitrogen and oxygen atoms in total. The number of carbonyl (C=O) groups excluding carboxylic acids is 2. The molecule has 1 aliphatic rings. The van der Waals surface area contributed by atoms with Gasteiger partial charge < -0.3 is 15.0 Å². The van der Waals surface area contributed by atoms with Crippen LogP contribution in [0.3, 0.4) is 0 Å². The Morgan fingerprint density at radius 1 is 0.941 bits per heavy atom. The number of aryl methyl sites for hydroxylation is 1. The lowest BCUT2D eigenvalue weighted by molar-refractivity contribution is -0.141. The molecule has 0 bridgehead atoms. The largest absolute Gasteiger partial charge is 0.497 e. The minimum Gasteiger partial charge on any atom is -0.497 e. The number of rotatable bonds is 10. The molecule has 34 heavy (non-hydrogen) atoms. The summed E-state index contributed by atoms with van der Waals surface area (Å²) in [6.07, 6.45) is 6.63. The molecule has 0 aliphatic heterocycles. The monoisotopic (exact) mass is 464 g/mol. The van der Waals surface area contributed by atoms with Crippen LogP contribution in [-0.4, -0.2) is 35.9 Å². The first kappa shape index (κ1) is 25.8. The van der Waals surface area contributed by atoms with Crippen molar-refractivity contribution in [3.8, 4) is 5.75 Å². The van der Waals surface area contributed by atoms with Gasteiger partial charge >= 0.3 is 0 Å². The van der Waals surface area contributed by atoms with Crippen LogP contribution in [0.4, 0.5) is 0 Å². The summed E-state index contributed by atoms with van der Waals surface area (Å²) in [5.41, 5.74) is 3.42. The van der Waals surface area contributed by atoms with Crippen LogP contribution in [0.5, 0.6) is 5.75 Å². The fourth-order valence-electron chi connectivity index (χ4n) is 4.54. The van der Waals surface area contributed by atoms with E-state index in [4.69, 9.17) is 4.74 Å². The number of ether oxygens (including phenoxy) is 1. The average molecular weight is 465 g/mol. The highest BCUT2D eigenvalue weighted by molar-refractivity contribution is 5.87. The van der Waals surface area contributed by atoms with Crippen LogP contribution >= 0.6 is 0 Å². The molecule has 0 heterocycles. The Morgan fingerprint density at radius 2 is 1.56 bits per heavy atom. The molecule has 1 saturated carbocycles. The zero-order chi connectivity index (χ0) is 24.5. The van der Waals surface area contributed by atoms with E-state index < -0.39 is 6.04 Å². The van der Waals surface area contributed by atoms with Gasteiger partial charge in [-0.3, -0.25) is 9.59 Å². The van der Waals surface area contributed by atoms with E-state index >= 15 is 0 Å². The molecule has 0 spiro atoms. The molecule has 184 valence electrons. The van der Waals surface area contributed by atoms with Crippen molar-refractivity contribution in [1.29, 1.82) is 0 Å². The molecule has 2 amide bonds. The summed E-state index contributed by atoms with van der Waals surface area (Å²) >= 11 is 0. The van der Waals surface area contributed by atoms with Crippen LogP contribution in [0.25, 0.3) is 0 Å². The van der Waals surface area contributed by atoms with Gasteiger partial charge in [-0.15, -0.1) is 0 Å². The lowest BCUT2D eigenvalue weighted by atomic mass is 9.95. The van der Waals surface area contributed by atoms with E-state index in [0.29, 0.717) is 25.3 Å². The molecular weight excluding hydrogens is 424 g/mol. The predicted molar refractivity (Wildman–Crippen MR) is 137 cm³/mol. The van der Waals surface area contributed by atoms with Crippen molar-refractivity contribution in [2.75, 3.05) is 7.11 Å². The Morgan fingerprint density at radius 3 is 2.15 bits per heavy atom. The third-order valence-electron chi connectivity index (χ3n) is 6.90. The lowest BCUT2D eigenvalue weighted by Crippen LogP contribution is -2.50. The molecule has 1 N–H and O–H groups in total. The number of benzene rings is 2. The number of nitrogens with zero attached hydrogens (tertiary/aromatic N) is 1. The first-order valence-electron chi connectivity index (χ1n) is 12.7. The SMILES string of the molecule is COc1ccc(CN(C(=O)CCc2ccc(C(C)C)cc2)[C@H](C)C(=O)NC2CCCCC2)cc1. The minimum absolute atomic E-state index is 0.00458. The summed E-state index contributed by atoms with van der Waals surface area (Å²) in [4.78, 5) is 28.2. The maximum Gasteiger partial charge on any atom is 0.242 e. The fourth-order valence-corrected chi connectivity index (χ4v) is 4.54. The number of carbonyl (C=O) groups is 2. The fraction of sp³-hybridized carbons (Fsp3) is 0.517. The van der Waals surface area contributed by atoms with Gasteiger partial charge in [-0.05, 0) is 60.9 Å². The number of methoxy groups -OCH3 is 1. The molecule has 0 aromatic heterocycles. The van der Waals surface area contributed by atoms with E-state index in [0.717, 1.165) is 42.6 Å². The number of hydrogen-bond acceptors (Lipinski definition) is 3. The summed E-state index contributed by atoms with van der Waals surface area (Å²) in [7, 11) is 1.64. The summed E-state index contributed by atoms with van der Waals surface area (Å²) in [6, 6.07) is 15.9. The third kappa shape index (κ3) is 7.34. The van der Waals surface area contributed by atoms with Gasteiger partial charge in [0, 0.05) is 19.0 Å². The highest BCUT2D eigenvalue weighted by Gasteiger charge is 2.28. The Bertz CT molecular complexity index is 915. The van der Waals surface area contributed by atoms with Gasteiger partial charge in [-0.2, -0.15) is 0 Å². The second-order valence-electron chi connectivity index (χ2n) is 9.79. The number of hydrogen-bond donors (Lipinski definition) is 1. The Labute approximate surface area is 204 Å². The maximum absolute atomic E-state index is 13.4. The van der Waals surface area contributed by atoms with E-state index in [2.05, 4.69) is 43.4 Å².